The van der Waals surface area contributed by atoms with Crippen LogP contribution in [0.4, 0.5) is 0 Å². The molecule has 0 saturated carbocycles. The molecule has 16 heavy (non-hydrogen) atoms. The van der Waals surface area contributed by atoms with Crippen LogP contribution in [0.2, 0.25) is 0 Å². The lowest BCUT2D eigenvalue weighted by molar-refractivity contribution is 0.0662. The molecule has 1 atom stereocenters. The number of nitrogens with one attached hydrogen (secondary N) is 1. The Morgan fingerprint density at radius 2 is 2.19 bits per heavy atom. The quantitative estimate of drug-likeness (QED) is 0.778. The van der Waals surface area contributed by atoms with Gasteiger partial charge in [0.1, 0.15) is 0 Å². The number of aryl methyl sites for hydroxylation is 1. The van der Waals surface area contributed by atoms with Crippen molar-refractivity contribution in [1.82, 2.24) is 9.88 Å². The fourth-order valence-electron chi connectivity index (χ4n) is 1.68. The van der Waals surface area contributed by atoms with E-state index in [1.165, 1.54) is 5.56 Å². The third-order valence-electron chi connectivity index (χ3n) is 2.77. The third kappa shape index (κ3) is 4.37. The smallest absolute Gasteiger partial charge is 0.0608 e. The Hall–Kier alpha value is -0.800. The number of nitrogens with zero attached hydrogens (tertiary/aromatic N) is 1. The Labute approximate surface area is 98.5 Å². The lowest BCUT2D eigenvalue weighted by Crippen LogP contribution is -2.20. The van der Waals surface area contributed by atoms with Gasteiger partial charge in [0.05, 0.1) is 5.60 Å². The highest BCUT2D eigenvalue weighted by molar-refractivity contribution is 5.14. The van der Waals surface area contributed by atoms with Crippen LogP contribution in [0.5, 0.6) is 0 Å². The van der Waals surface area contributed by atoms with E-state index in [9.17, 15) is 5.11 Å². The monoisotopic (exact) mass is 224 g/mol. The molecule has 1 heterocycles. The lowest BCUT2D eigenvalue weighted by atomic mass is 10.1. The fourth-order valence-corrected chi connectivity index (χ4v) is 1.68. The van der Waals surface area contributed by atoms with Crippen LogP contribution < -0.4 is 5.32 Å². The summed E-state index contributed by atoms with van der Waals surface area (Å²) >= 11 is 0. The standard InChI is InChI=1S/C13H24N2O/c1-5-14-11(2)12-6-8-15(10-12)9-7-13(3,4)16/h6,8,10-11,14,16H,5,7,9H2,1-4H3. The number of aromatic nitrogens is 1. The van der Waals surface area contributed by atoms with Gasteiger partial charge in [0, 0.05) is 25.0 Å². The highest BCUT2D eigenvalue weighted by atomic mass is 16.3. The van der Waals surface area contributed by atoms with Crippen LogP contribution in [0, 0.1) is 0 Å². The number of hydrogen-bond acceptors (Lipinski definition) is 2. The van der Waals surface area contributed by atoms with Gasteiger partial charge >= 0.3 is 0 Å². The molecule has 92 valence electrons. The normalized spacial score (nSPS) is 14.1. The summed E-state index contributed by atoms with van der Waals surface area (Å²) in [4.78, 5) is 0. The van der Waals surface area contributed by atoms with Gasteiger partial charge in [0.25, 0.3) is 0 Å². The maximum Gasteiger partial charge on any atom is 0.0608 e. The van der Waals surface area contributed by atoms with Crippen molar-refractivity contribution < 1.29 is 5.11 Å². The first-order valence-electron chi connectivity index (χ1n) is 6.04. The zero-order valence-corrected chi connectivity index (χ0v) is 10.8. The molecule has 0 aromatic carbocycles. The summed E-state index contributed by atoms with van der Waals surface area (Å²) in [6.45, 7) is 9.82. The molecule has 0 fully saturated rings. The van der Waals surface area contributed by atoms with Crippen LogP contribution in [0.3, 0.4) is 0 Å². The molecule has 0 aliphatic carbocycles. The van der Waals surface area contributed by atoms with Crippen LogP contribution in [0.1, 0.15) is 45.7 Å². The van der Waals surface area contributed by atoms with Crippen molar-refractivity contribution in [2.45, 2.75) is 52.3 Å². The van der Waals surface area contributed by atoms with E-state index < -0.39 is 5.60 Å². The molecule has 2 N–H and O–H groups in total. The first kappa shape index (κ1) is 13.3. The van der Waals surface area contributed by atoms with Crippen molar-refractivity contribution in [3.05, 3.63) is 24.0 Å². The van der Waals surface area contributed by atoms with Crippen molar-refractivity contribution in [3.63, 3.8) is 0 Å². The second-order valence-electron chi connectivity index (χ2n) is 5.02. The first-order chi connectivity index (χ1) is 7.42. The van der Waals surface area contributed by atoms with Crippen molar-refractivity contribution in [2.24, 2.45) is 0 Å². The zero-order valence-electron chi connectivity index (χ0n) is 10.8. The van der Waals surface area contributed by atoms with E-state index in [4.69, 9.17) is 0 Å². The van der Waals surface area contributed by atoms with Gasteiger partial charge in [-0.1, -0.05) is 6.92 Å². The van der Waals surface area contributed by atoms with Crippen molar-refractivity contribution in [3.8, 4) is 0 Å². The van der Waals surface area contributed by atoms with E-state index >= 15 is 0 Å². The molecule has 1 aromatic rings. The van der Waals surface area contributed by atoms with Crippen LogP contribution >= 0.6 is 0 Å². The van der Waals surface area contributed by atoms with Gasteiger partial charge in [-0.25, -0.2) is 0 Å². The molecule has 0 radical (unpaired) electrons. The highest BCUT2D eigenvalue weighted by Crippen LogP contribution is 2.14. The van der Waals surface area contributed by atoms with Crippen molar-refractivity contribution in [1.29, 1.82) is 0 Å². The Morgan fingerprint density at radius 1 is 1.50 bits per heavy atom. The fraction of sp³-hybridized carbons (Fsp3) is 0.692. The average molecular weight is 224 g/mol. The second kappa shape index (κ2) is 5.51. The van der Waals surface area contributed by atoms with Crippen molar-refractivity contribution >= 4 is 0 Å². The summed E-state index contributed by atoms with van der Waals surface area (Å²) < 4.78 is 2.14. The van der Waals surface area contributed by atoms with Crippen LogP contribution in [-0.2, 0) is 6.54 Å². The molecule has 1 unspecified atom stereocenters. The summed E-state index contributed by atoms with van der Waals surface area (Å²) in [5, 5.41) is 13.0. The van der Waals surface area contributed by atoms with E-state index in [0.29, 0.717) is 6.04 Å². The van der Waals surface area contributed by atoms with Crippen LogP contribution in [0.15, 0.2) is 18.5 Å². The molecule has 0 amide bonds. The predicted molar refractivity (Wildman–Crippen MR) is 67.4 cm³/mol. The topological polar surface area (TPSA) is 37.2 Å². The van der Waals surface area contributed by atoms with E-state index in [1.807, 2.05) is 13.8 Å². The third-order valence-corrected chi connectivity index (χ3v) is 2.77. The van der Waals surface area contributed by atoms with Gasteiger partial charge < -0.3 is 15.0 Å². The molecule has 1 rings (SSSR count). The molecule has 0 aliphatic heterocycles. The zero-order chi connectivity index (χ0) is 12.2. The maximum atomic E-state index is 9.65. The predicted octanol–water partition coefficient (Wildman–Crippen LogP) is 2.32. The molecule has 0 spiro atoms. The second-order valence-corrected chi connectivity index (χ2v) is 5.02. The summed E-state index contributed by atoms with van der Waals surface area (Å²) in [6, 6.07) is 2.53. The summed E-state index contributed by atoms with van der Waals surface area (Å²) in [5.41, 5.74) is 0.718. The minimum absolute atomic E-state index is 0.397. The maximum absolute atomic E-state index is 9.65. The molecular weight excluding hydrogens is 200 g/mol. The molecule has 0 saturated heterocycles. The number of aliphatic hydroxyl groups is 1. The molecule has 3 nitrogen and oxygen atoms in total. The first-order valence-corrected chi connectivity index (χ1v) is 6.04. The molecule has 1 aromatic heterocycles. The highest BCUT2D eigenvalue weighted by Gasteiger charge is 2.12. The van der Waals surface area contributed by atoms with Crippen LogP contribution in [0.25, 0.3) is 0 Å². The Bertz CT molecular complexity index is 312. The number of hydrogen-bond donors (Lipinski definition) is 2. The van der Waals surface area contributed by atoms with E-state index in [1.54, 1.807) is 0 Å². The van der Waals surface area contributed by atoms with Gasteiger partial charge in [-0.2, -0.15) is 0 Å². The summed E-state index contributed by atoms with van der Waals surface area (Å²) in [7, 11) is 0. The molecular formula is C13H24N2O. The van der Waals surface area contributed by atoms with Crippen molar-refractivity contribution in [2.75, 3.05) is 6.54 Å². The lowest BCUT2D eigenvalue weighted by Gasteiger charge is -2.17. The van der Waals surface area contributed by atoms with Gasteiger partial charge in [-0.3, -0.25) is 0 Å². The Morgan fingerprint density at radius 3 is 2.75 bits per heavy atom. The van der Waals surface area contributed by atoms with E-state index in [2.05, 4.69) is 42.2 Å². The summed E-state index contributed by atoms with van der Waals surface area (Å²) in [5.74, 6) is 0. The van der Waals surface area contributed by atoms with Gasteiger partial charge in [0.2, 0.25) is 0 Å². The van der Waals surface area contributed by atoms with E-state index in [0.717, 1.165) is 19.5 Å². The Kier molecular flexibility index (Phi) is 4.56. The van der Waals surface area contributed by atoms with Crippen LogP contribution in [-0.4, -0.2) is 21.8 Å². The average Bonchev–Trinajstić information content (AvgIpc) is 2.62. The van der Waals surface area contributed by atoms with Gasteiger partial charge in [-0.15, -0.1) is 0 Å². The number of rotatable bonds is 6. The minimum atomic E-state index is -0.586. The Balaban J connectivity index is 2.51. The SMILES string of the molecule is CCNC(C)c1ccn(CCC(C)(C)O)c1. The van der Waals surface area contributed by atoms with Gasteiger partial charge in [0.15, 0.2) is 0 Å². The molecule has 0 aliphatic rings. The minimum Gasteiger partial charge on any atom is -0.390 e. The molecule has 3 heteroatoms. The molecule has 0 bridgehead atoms. The largest absolute Gasteiger partial charge is 0.390 e. The van der Waals surface area contributed by atoms with E-state index in [-0.39, 0.29) is 0 Å². The van der Waals surface area contributed by atoms with Gasteiger partial charge in [-0.05, 0) is 45.4 Å². The summed E-state index contributed by atoms with van der Waals surface area (Å²) in [6.07, 6.45) is 5.00.